The van der Waals surface area contributed by atoms with Gasteiger partial charge in [0, 0.05) is 29.6 Å². The number of hydrogen-bond donors (Lipinski definition) is 1. The standard InChI is InChI=1S/C12H16BrNO2S/c13-10-6-11(17-8-10)12(15)14-4-1-5-16-7-9-2-3-9/h6,8-9H,1-5,7H2,(H,14,15). The SMILES string of the molecule is O=C(NCCCOCC1CC1)c1cc(Br)cs1. The van der Waals surface area contributed by atoms with Crippen LogP contribution in [0.15, 0.2) is 15.9 Å². The third-order valence-electron chi connectivity index (χ3n) is 2.59. The van der Waals surface area contributed by atoms with E-state index in [1.54, 1.807) is 0 Å². The van der Waals surface area contributed by atoms with Gasteiger partial charge >= 0.3 is 0 Å². The topological polar surface area (TPSA) is 38.3 Å². The number of rotatable bonds is 7. The Labute approximate surface area is 114 Å². The van der Waals surface area contributed by atoms with Crippen molar-refractivity contribution in [2.45, 2.75) is 19.3 Å². The van der Waals surface area contributed by atoms with E-state index in [9.17, 15) is 4.79 Å². The zero-order valence-electron chi connectivity index (χ0n) is 9.58. The first kappa shape index (κ1) is 13.1. The lowest BCUT2D eigenvalue weighted by Crippen LogP contribution is -2.24. The smallest absolute Gasteiger partial charge is 0.261 e. The molecule has 1 amide bonds. The molecule has 5 heteroatoms. The van der Waals surface area contributed by atoms with E-state index in [1.165, 1.54) is 24.2 Å². The highest BCUT2D eigenvalue weighted by atomic mass is 79.9. The molecular weight excluding hydrogens is 302 g/mol. The van der Waals surface area contributed by atoms with Crippen LogP contribution in [0.4, 0.5) is 0 Å². The molecule has 1 aromatic rings. The van der Waals surface area contributed by atoms with Crippen LogP contribution in [-0.2, 0) is 4.74 Å². The van der Waals surface area contributed by atoms with E-state index in [1.807, 2.05) is 11.4 Å². The molecule has 0 spiro atoms. The molecule has 0 aliphatic heterocycles. The van der Waals surface area contributed by atoms with Gasteiger partial charge in [0.1, 0.15) is 0 Å². The Balaban J connectivity index is 1.53. The van der Waals surface area contributed by atoms with E-state index in [-0.39, 0.29) is 5.91 Å². The summed E-state index contributed by atoms with van der Waals surface area (Å²) < 4.78 is 6.45. The van der Waals surface area contributed by atoms with Crippen LogP contribution in [-0.4, -0.2) is 25.7 Å². The first-order valence-corrected chi connectivity index (χ1v) is 7.53. The molecule has 1 aliphatic rings. The number of thiophene rings is 1. The lowest BCUT2D eigenvalue weighted by atomic mass is 10.4. The summed E-state index contributed by atoms with van der Waals surface area (Å²) in [6.07, 6.45) is 3.53. The fourth-order valence-corrected chi connectivity index (χ4v) is 2.77. The number of carbonyl (C=O) groups excluding carboxylic acids is 1. The largest absolute Gasteiger partial charge is 0.381 e. The lowest BCUT2D eigenvalue weighted by molar-refractivity contribution is 0.0941. The highest BCUT2D eigenvalue weighted by Crippen LogP contribution is 2.28. The molecule has 0 saturated heterocycles. The predicted molar refractivity (Wildman–Crippen MR) is 72.5 cm³/mol. The number of halogens is 1. The molecule has 1 fully saturated rings. The van der Waals surface area contributed by atoms with Gasteiger partial charge in [-0.2, -0.15) is 0 Å². The van der Waals surface area contributed by atoms with Gasteiger partial charge in [0.05, 0.1) is 4.88 Å². The Morgan fingerprint density at radius 1 is 1.59 bits per heavy atom. The van der Waals surface area contributed by atoms with Crippen molar-refractivity contribution in [3.63, 3.8) is 0 Å². The minimum Gasteiger partial charge on any atom is -0.381 e. The summed E-state index contributed by atoms with van der Waals surface area (Å²) in [6, 6.07) is 1.84. The summed E-state index contributed by atoms with van der Waals surface area (Å²) in [5.74, 6) is 0.816. The summed E-state index contributed by atoms with van der Waals surface area (Å²) in [5.41, 5.74) is 0. The van der Waals surface area contributed by atoms with Crippen LogP contribution in [0.5, 0.6) is 0 Å². The molecule has 0 bridgehead atoms. The second-order valence-corrected chi connectivity index (χ2v) is 6.08. The van der Waals surface area contributed by atoms with Crippen molar-refractivity contribution in [2.24, 2.45) is 5.92 Å². The van der Waals surface area contributed by atoms with Gasteiger partial charge in [0.25, 0.3) is 5.91 Å². The summed E-state index contributed by atoms with van der Waals surface area (Å²) in [4.78, 5) is 12.4. The average molecular weight is 318 g/mol. The molecule has 1 N–H and O–H groups in total. The quantitative estimate of drug-likeness (QED) is 0.785. The van der Waals surface area contributed by atoms with Gasteiger partial charge in [-0.05, 0) is 47.2 Å². The summed E-state index contributed by atoms with van der Waals surface area (Å²) >= 11 is 4.78. The highest BCUT2D eigenvalue weighted by Gasteiger charge is 2.20. The van der Waals surface area contributed by atoms with Crippen LogP contribution in [0.25, 0.3) is 0 Å². The maximum absolute atomic E-state index is 11.6. The van der Waals surface area contributed by atoms with Gasteiger partial charge < -0.3 is 10.1 Å². The van der Waals surface area contributed by atoms with Crippen LogP contribution in [0.3, 0.4) is 0 Å². The third kappa shape index (κ3) is 4.77. The van der Waals surface area contributed by atoms with Gasteiger partial charge in [0.2, 0.25) is 0 Å². The molecule has 17 heavy (non-hydrogen) atoms. The minimum atomic E-state index is 0.00268. The Kier molecular flexibility index (Phi) is 5.00. The van der Waals surface area contributed by atoms with E-state index < -0.39 is 0 Å². The maximum atomic E-state index is 11.6. The number of ether oxygens (including phenoxy) is 1. The van der Waals surface area contributed by atoms with Crippen molar-refractivity contribution < 1.29 is 9.53 Å². The van der Waals surface area contributed by atoms with E-state index >= 15 is 0 Å². The summed E-state index contributed by atoms with van der Waals surface area (Å²) in [5, 5.41) is 4.80. The average Bonchev–Trinajstić information content (AvgIpc) is 3.04. The molecule has 0 radical (unpaired) electrons. The molecule has 0 unspecified atom stereocenters. The van der Waals surface area contributed by atoms with Gasteiger partial charge in [0.15, 0.2) is 0 Å². The number of amides is 1. The molecule has 1 heterocycles. The van der Waals surface area contributed by atoms with Crippen molar-refractivity contribution in [2.75, 3.05) is 19.8 Å². The first-order chi connectivity index (χ1) is 8.25. The predicted octanol–water partition coefficient (Wildman–Crippen LogP) is 3.06. The van der Waals surface area contributed by atoms with Crippen LogP contribution in [0, 0.1) is 5.92 Å². The monoisotopic (exact) mass is 317 g/mol. The molecule has 1 aliphatic carbocycles. The fraction of sp³-hybridized carbons (Fsp3) is 0.583. The van der Waals surface area contributed by atoms with Crippen LogP contribution < -0.4 is 5.32 Å². The Morgan fingerprint density at radius 2 is 2.41 bits per heavy atom. The Hall–Kier alpha value is -0.390. The maximum Gasteiger partial charge on any atom is 0.261 e. The van der Waals surface area contributed by atoms with Gasteiger partial charge in [-0.15, -0.1) is 11.3 Å². The van der Waals surface area contributed by atoms with Crippen LogP contribution in [0.1, 0.15) is 28.9 Å². The summed E-state index contributed by atoms with van der Waals surface area (Å²) in [7, 11) is 0. The normalized spacial score (nSPS) is 14.9. The van der Waals surface area contributed by atoms with Crippen molar-refractivity contribution >= 4 is 33.2 Å². The molecule has 1 aromatic heterocycles. The van der Waals surface area contributed by atoms with Gasteiger partial charge in [-0.1, -0.05) is 0 Å². The third-order valence-corrected chi connectivity index (χ3v) is 4.28. The van der Waals surface area contributed by atoms with Crippen molar-refractivity contribution in [3.05, 3.63) is 20.8 Å². The van der Waals surface area contributed by atoms with Crippen molar-refractivity contribution in [1.29, 1.82) is 0 Å². The Morgan fingerprint density at radius 3 is 3.06 bits per heavy atom. The van der Waals surface area contributed by atoms with Crippen molar-refractivity contribution in [1.82, 2.24) is 5.32 Å². The van der Waals surface area contributed by atoms with E-state index in [4.69, 9.17) is 4.74 Å². The number of hydrogen-bond acceptors (Lipinski definition) is 3. The molecule has 94 valence electrons. The van der Waals surface area contributed by atoms with Gasteiger partial charge in [-0.25, -0.2) is 0 Å². The second-order valence-electron chi connectivity index (χ2n) is 4.26. The number of carbonyl (C=O) groups is 1. The van der Waals surface area contributed by atoms with Crippen LogP contribution >= 0.6 is 27.3 Å². The van der Waals surface area contributed by atoms with Crippen molar-refractivity contribution in [3.8, 4) is 0 Å². The molecule has 1 saturated carbocycles. The molecule has 0 atom stereocenters. The molecular formula is C12H16BrNO2S. The first-order valence-electron chi connectivity index (χ1n) is 5.85. The molecule has 0 aromatic carbocycles. The van der Waals surface area contributed by atoms with Crippen LogP contribution in [0.2, 0.25) is 0 Å². The van der Waals surface area contributed by atoms with E-state index in [2.05, 4.69) is 21.2 Å². The zero-order valence-corrected chi connectivity index (χ0v) is 12.0. The Bertz CT molecular complexity index is 376. The minimum absolute atomic E-state index is 0.00268. The zero-order chi connectivity index (χ0) is 12.1. The molecule has 2 rings (SSSR count). The fourth-order valence-electron chi connectivity index (χ4n) is 1.43. The van der Waals surface area contributed by atoms with E-state index in [0.29, 0.717) is 6.54 Å². The number of nitrogens with one attached hydrogen (secondary N) is 1. The van der Waals surface area contributed by atoms with Gasteiger partial charge in [-0.3, -0.25) is 4.79 Å². The summed E-state index contributed by atoms with van der Waals surface area (Å²) in [6.45, 7) is 2.32. The second kappa shape index (κ2) is 6.52. The van der Waals surface area contributed by atoms with E-state index in [0.717, 1.165) is 34.9 Å². The lowest BCUT2D eigenvalue weighted by Gasteiger charge is -2.04. The highest BCUT2D eigenvalue weighted by molar-refractivity contribution is 9.10. The molecule has 3 nitrogen and oxygen atoms in total.